The standard InChI is InChI=1S/C15H13ClN6O/c1-2-12-11(7-17-8-18-12)14(23)20-15-19-13(21-22-15)9-4-3-5-10(16)6-9/h3-8H,2H2,1H3,(H2,19,20,21,22,23). The molecular formula is C15H13ClN6O. The van der Waals surface area contributed by atoms with Gasteiger partial charge in [-0.3, -0.25) is 15.2 Å². The number of halogens is 1. The molecule has 0 bridgehead atoms. The van der Waals surface area contributed by atoms with Gasteiger partial charge in [0.2, 0.25) is 5.95 Å². The van der Waals surface area contributed by atoms with Gasteiger partial charge in [0.25, 0.3) is 5.91 Å². The Labute approximate surface area is 137 Å². The number of benzene rings is 1. The summed E-state index contributed by atoms with van der Waals surface area (Å²) in [7, 11) is 0. The van der Waals surface area contributed by atoms with E-state index >= 15 is 0 Å². The van der Waals surface area contributed by atoms with E-state index in [9.17, 15) is 4.79 Å². The average molecular weight is 329 g/mol. The average Bonchev–Trinajstić information content (AvgIpc) is 3.03. The van der Waals surface area contributed by atoms with E-state index in [0.29, 0.717) is 28.5 Å². The highest BCUT2D eigenvalue weighted by Crippen LogP contribution is 2.20. The van der Waals surface area contributed by atoms with Gasteiger partial charge in [-0.1, -0.05) is 30.7 Å². The lowest BCUT2D eigenvalue weighted by atomic mass is 10.2. The van der Waals surface area contributed by atoms with Crippen LogP contribution in [0, 0.1) is 0 Å². The zero-order valence-electron chi connectivity index (χ0n) is 12.2. The first-order chi connectivity index (χ1) is 11.2. The maximum atomic E-state index is 12.3. The van der Waals surface area contributed by atoms with Gasteiger partial charge in [-0.15, -0.1) is 5.10 Å². The van der Waals surface area contributed by atoms with Crippen LogP contribution in [-0.4, -0.2) is 31.1 Å². The molecule has 0 fully saturated rings. The Morgan fingerprint density at radius 3 is 3.04 bits per heavy atom. The molecular weight excluding hydrogens is 316 g/mol. The fourth-order valence-corrected chi connectivity index (χ4v) is 2.27. The summed E-state index contributed by atoms with van der Waals surface area (Å²) in [5.74, 6) is 0.345. The molecule has 0 radical (unpaired) electrons. The Bertz CT molecular complexity index is 847. The number of aromatic nitrogens is 5. The number of nitrogens with one attached hydrogen (secondary N) is 2. The molecule has 0 aliphatic heterocycles. The lowest BCUT2D eigenvalue weighted by Crippen LogP contribution is -2.16. The minimum atomic E-state index is -0.348. The van der Waals surface area contributed by atoms with Gasteiger partial charge in [0.05, 0.1) is 11.3 Å². The second-order valence-electron chi connectivity index (χ2n) is 4.71. The molecule has 0 aliphatic carbocycles. The van der Waals surface area contributed by atoms with Crippen molar-refractivity contribution in [3.8, 4) is 11.4 Å². The summed E-state index contributed by atoms with van der Waals surface area (Å²) in [6.07, 6.45) is 3.53. The van der Waals surface area contributed by atoms with Gasteiger partial charge in [-0.25, -0.2) is 9.97 Å². The van der Waals surface area contributed by atoms with E-state index in [0.717, 1.165) is 5.56 Å². The van der Waals surface area contributed by atoms with E-state index in [-0.39, 0.29) is 11.9 Å². The number of hydrogen-bond acceptors (Lipinski definition) is 5. The number of anilines is 1. The molecule has 0 atom stereocenters. The maximum Gasteiger partial charge on any atom is 0.261 e. The first-order valence-corrected chi connectivity index (χ1v) is 7.33. The molecule has 7 nitrogen and oxygen atoms in total. The number of carbonyl (C=O) groups excluding carboxylic acids is 1. The number of nitrogens with zero attached hydrogens (tertiary/aromatic N) is 4. The van der Waals surface area contributed by atoms with Crippen LogP contribution in [0.3, 0.4) is 0 Å². The minimum absolute atomic E-state index is 0.177. The molecule has 2 N–H and O–H groups in total. The predicted molar refractivity (Wildman–Crippen MR) is 86.2 cm³/mol. The number of aromatic amines is 1. The first-order valence-electron chi connectivity index (χ1n) is 6.96. The van der Waals surface area contributed by atoms with E-state index in [1.807, 2.05) is 19.1 Å². The Balaban J connectivity index is 1.80. The summed E-state index contributed by atoms with van der Waals surface area (Å²) >= 11 is 5.95. The van der Waals surface area contributed by atoms with E-state index in [1.165, 1.54) is 12.5 Å². The smallest absolute Gasteiger partial charge is 0.261 e. The molecule has 1 amide bonds. The SMILES string of the molecule is CCc1ncncc1C(=O)Nc1n[nH]c(-c2cccc(Cl)c2)n1. The third kappa shape index (κ3) is 3.35. The number of rotatable bonds is 4. The number of aryl methyl sites for hydroxylation is 1. The molecule has 0 saturated heterocycles. The Morgan fingerprint density at radius 1 is 1.39 bits per heavy atom. The molecule has 2 heterocycles. The molecule has 8 heteroatoms. The Kier molecular flexibility index (Phi) is 4.29. The molecule has 2 aromatic heterocycles. The fraction of sp³-hybridized carbons (Fsp3) is 0.133. The Morgan fingerprint density at radius 2 is 2.26 bits per heavy atom. The van der Waals surface area contributed by atoms with E-state index < -0.39 is 0 Å². The number of hydrogen-bond donors (Lipinski definition) is 2. The van der Waals surface area contributed by atoms with Crippen molar-refractivity contribution in [3.05, 3.63) is 53.1 Å². The van der Waals surface area contributed by atoms with Crippen molar-refractivity contribution in [2.24, 2.45) is 0 Å². The van der Waals surface area contributed by atoms with E-state index in [1.54, 1.807) is 12.1 Å². The van der Waals surface area contributed by atoms with Crippen LogP contribution in [0.15, 0.2) is 36.8 Å². The van der Waals surface area contributed by atoms with Crippen LogP contribution in [0.2, 0.25) is 5.02 Å². The summed E-state index contributed by atoms with van der Waals surface area (Å²) in [6.45, 7) is 1.92. The van der Waals surface area contributed by atoms with Crippen molar-refractivity contribution in [2.45, 2.75) is 13.3 Å². The van der Waals surface area contributed by atoms with Gasteiger partial charge in [0, 0.05) is 16.8 Å². The Hall–Kier alpha value is -2.80. The number of H-pyrrole nitrogens is 1. The van der Waals surface area contributed by atoms with Crippen molar-refractivity contribution in [1.82, 2.24) is 25.1 Å². The van der Waals surface area contributed by atoms with Crippen LogP contribution < -0.4 is 5.32 Å². The van der Waals surface area contributed by atoms with Crippen LogP contribution >= 0.6 is 11.6 Å². The second kappa shape index (κ2) is 6.53. The molecule has 3 rings (SSSR count). The maximum absolute atomic E-state index is 12.3. The monoisotopic (exact) mass is 328 g/mol. The van der Waals surface area contributed by atoms with Crippen LogP contribution in [0.5, 0.6) is 0 Å². The van der Waals surface area contributed by atoms with Crippen LogP contribution in [0.25, 0.3) is 11.4 Å². The normalized spacial score (nSPS) is 10.5. The topological polar surface area (TPSA) is 96.5 Å². The predicted octanol–water partition coefficient (Wildman–Crippen LogP) is 2.73. The highest BCUT2D eigenvalue weighted by Gasteiger charge is 2.14. The lowest BCUT2D eigenvalue weighted by molar-refractivity contribution is 0.102. The van der Waals surface area contributed by atoms with Gasteiger partial charge in [-0.05, 0) is 18.6 Å². The number of amides is 1. The van der Waals surface area contributed by atoms with Crippen LogP contribution in [-0.2, 0) is 6.42 Å². The second-order valence-corrected chi connectivity index (χ2v) is 5.15. The van der Waals surface area contributed by atoms with Gasteiger partial charge < -0.3 is 0 Å². The molecule has 0 spiro atoms. The highest BCUT2D eigenvalue weighted by molar-refractivity contribution is 6.30. The van der Waals surface area contributed by atoms with Gasteiger partial charge >= 0.3 is 0 Å². The molecule has 116 valence electrons. The largest absolute Gasteiger partial charge is 0.289 e. The molecule has 1 aromatic carbocycles. The molecule has 0 unspecified atom stereocenters. The van der Waals surface area contributed by atoms with Crippen LogP contribution in [0.4, 0.5) is 5.95 Å². The van der Waals surface area contributed by atoms with Gasteiger partial charge in [0.15, 0.2) is 5.82 Å². The van der Waals surface area contributed by atoms with Crippen molar-refractivity contribution >= 4 is 23.5 Å². The van der Waals surface area contributed by atoms with Crippen molar-refractivity contribution < 1.29 is 4.79 Å². The van der Waals surface area contributed by atoms with Crippen LogP contribution in [0.1, 0.15) is 23.0 Å². The summed E-state index contributed by atoms with van der Waals surface area (Å²) in [5, 5.41) is 9.99. The quantitative estimate of drug-likeness (QED) is 0.767. The van der Waals surface area contributed by atoms with E-state index in [4.69, 9.17) is 11.6 Å². The molecule has 3 aromatic rings. The van der Waals surface area contributed by atoms with Gasteiger partial charge in [0.1, 0.15) is 6.33 Å². The summed E-state index contributed by atoms with van der Waals surface area (Å²) < 4.78 is 0. The van der Waals surface area contributed by atoms with Gasteiger partial charge in [-0.2, -0.15) is 4.98 Å². The summed E-state index contributed by atoms with van der Waals surface area (Å²) in [6, 6.07) is 7.19. The van der Waals surface area contributed by atoms with E-state index in [2.05, 4.69) is 30.5 Å². The van der Waals surface area contributed by atoms with Crippen molar-refractivity contribution in [3.63, 3.8) is 0 Å². The lowest BCUT2D eigenvalue weighted by Gasteiger charge is -2.04. The summed E-state index contributed by atoms with van der Waals surface area (Å²) in [4.78, 5) is 24.5. The highest BCUT2D eigenvalue weighted by atomic mass is 35.5. The fourth-order valence-electron chi connectivity index (χ4n) is 2.08. The minimum Gasteiger partial charge on any atom is -0.289 e. The summed E-state index contributed by atoms with van der Waals surface area (Å²) in [5.41, 5.74) is 1.86. The number of carbonyl (C=O) groups is 1. The third-order valence-electron chi connectivity index (χ3n) is 3.18. The molecule has 0 saturated carbocycles. The molecule has 0 aliphatic rings. The first kappa shape index (κ1) is 15.1. The van der Waals surface area contributed by atoms with Crippen molar-refractivity contribution in [2.75, 3.05) is 5.32 Å². The molecule has 23 heavy (non-hydrogen) atoms. The third-order valence-corrected chi connectivity index (χ3v) is 3.42. The zero-order valence-corrected chi connectivity index (χ0v) is 13.0. The van der Waals surface area contributed by atoms with Crippen molar-refractivity contribution in [1.29, 1.82) is 0 Å². The zero-order chi connectivity index (χ0) is 16.2.